The van der Waals surface area contributed by atoms with Crippen LogP contribution in [0.25, 0.3) is 0 Å². The number of benzene rings is 2. The lowest BCUT2D eigenvalue weighted by atomic mass is 9.58. The van der Waals surface area contributed by atoms with Gasteiger partial charge in [0.05, 0.1) is 18.6 Å². The van der Waals surface area contributed by atoms with E-state index in [9.17, 15) is 0 Å². The van der Waals surface area contributed by atoms with Crippen molar-refractivity contribution in [3.8, 4) is 11.5 Å². The third kappa shape index (κ3) is 1.92. The van der Waals surface area contributed by atoms with Crippen LogP contribution >= 0.6 is 0 Å². The number of hydrogen-bond acceptors (Lipinski definition) is 3. The van der Waals surface area contributed by atoms with Crippen LogP contribution in [0.4, 0.5) is 0 Å². The van der Waals surface area contributed by atoms with Crippen LogP contribution in [0.1, 0.15) is 24.0 Å². The lowest BCUT2D eigenvalue weighted by molar-refractivity contribution is 0.182. The van der Waals surface area contributed by atoms with Gasteiger partial charge in [-0.3, -0.25) is 0 Å². The van der Waals surface area contributed by atoms with Gasteiger partial charge in [0.1, 0.15) is 0 Å². The maximum Gasteiger partial charge on any atom is 0.161 e. The minimum Gasteiger partial charge on any atom is -0.490 e. The van der Waals surface area contributed by atoms with Crippen LogP contribution in [-0.4, -0.2) is 26.3 Å². The highest BCUT2D eigenvalue weighted by atomic mass is 16.5. The molecular formula is C19H21NO2. The second-order valence-electron chi connectivity index (χ2n) is 6.10. The second-order valence-corrected chi connectivity index (χ2v) is 6.10. The molecule has 1 N–H and O–H groups in total. The molecule has 0 saturated carbocycles. The van der Waals surface area contributed by atoms with Crippen LogP contribution in [0, 0.1) is 0 Å². The highest BCUT2D eigenvalue weighted by Crippen LogP contribution is 2.53. The minimum atomic E-state index is 0.121. The van der Waals surface area contributed by atoms with Crippen LogP contribution in [0.15, 0.2) is 48.5 Å². The van der Waals surface area contributed by atoms with Crippen molar-refractivity contribution >= 4 is 0 Å². The molecule has 0 amide bonds. The SMILES string of the molecule is CCOc1ccccc1OC[C@]12CNC[C@H]1c1ccccc12. The van der Waals surface area contributed by atoms with E-state index in [1.165, 1.54) is 11.1 Å². The van der Waals surface area contributed by atoms with E-state index in [1.54, 1.807) is 0 Å². The lowest BCUT2D eigenvalue weighted by Gasteiger charge is -2.46. The predicted octanol–water partition coefficient (Wildman–Crippen LogP) is 3.10. The topological polar surface area (TPSA) is 30.5 Å². The first-order chi connectivity index (χ1) is 10.8. The monoisotopic (exact) mass is 295 g/mol. The summed E-state index contributed by atoms with van der Waals surface area (Å²) in [6, 6.07) is 16.7. The molecule has 1 saturated heterocycles. The molecule has 114 valence electrons. The van der Waals surface area contributed by atoms with Gasteiger partial charge in [-0.05, 0) is 30.2 Å². The molecule has 0 unspecified atom stereocenters. The Balaban J connectivity index is 1.57. The summed E-state index contributed by atoms with van der Waals surface area (Å²) in [6.45, 7) is 5.39. The molecule has 4 rings (SSSR count). The van der Waals surface area contributed by atoms with E-state index < -0.39 is 0 Å². The van der Waals surface area contributed by atoms with Crippen LogP contribution in [-0.2, 0) is 5.41 Å². The highest BCUT2D eigenvalue weighted by molar-refractivity contribution is 5.53. The molecular weight excluding hydrogens is 274 g/mol. The van der Waals surface area contributed by atoms with Crippen molar-refractivity contribution in [2.24, 2.45) is 0 Å². The molecule has 22 heavy (non-hydrogen) atoms. The van der Waals surface area contributed by atoms with E-state index in [-0.39, 0.29) is 5.41 Å². The molecule has 3 heteroatoms. The van der Waals surface area contributed by atoms with Crippen LogP contribution < -0.4 is 14.8 Å². The number of rotatable bonds is 5. The second kappa shape index (κ2) is 5.33. The summed E-state index contributed by atoms with van der Waals surface area (Å²) in [6.07, 6.45) is 0. The van der Waals surface area contributed by atoms with E-state index in [1.807, 2.05) is 31.2 Å². The Hall–Kier alpha value is -2.00. The van der Waals surface area contributed by atoms with Gasteiger partial charge in [-0.1, -0.05) is 36.4 Å². The molecule has 1 aliphatic heterocycles. The number of fused-ring (bicyclic) bond motifs is 4. The third-order valence-corrected chi connectivity index (χ3v) is 4.96. The summed E-state index contributed by atoms with van der Waals surface area (Å²) in [5.41, 5.74) is 3.05. The van der Waals surface area contributed by atoms with Crippen molar-refractivity contribution < 1.29 is 9.47 Å². The van der Waals surface area contributed by atoms with Crippen molar-refractivity contribution in [1.29, 1.82) is 0 Å². The van der Waals surface area contributed by atoms with Gasteiger partial charge < -0.3 is 14.8 Å². The van der Waals surface area contributed by atoms with Gasteiger partial charge in [0, 0.05) is 19.0 Å². The summed E-state index contributed by atoms with van der Waals surface area (Å²) in [7, 11) is 0. The van der Waals surface area contributed by atoms with Gasteiger partial charge in [-0.15, -0.1) is 0 Å². The first-order valence-corrected chi connectivity index (χ1v) is 8.00. The lowest BCUT2D eigenvalue weighted by Crippen LogP contribution is -2.48. The zero-order valence-corrected chi connectivity index (χ0v) is 12.8. The quantitative estimate of drug-likeness (QED) is 0.919. The minimum absolute atomic E-state index is 0.121. The molecule has 0 aromatic heterocycles. The zero-order valence-electron chi connectivity index (χ0n) is 12.8. The molecule has 2 aromatic carbocycles. The van der Waals surface area contributed by atoms with E-state index in [0.717, 1.165) is 24.6 Å². The van der Waals surface area contributed by atoms with E-state index in [2.05, 4.69) is 29.6 Å². The largest absolute Gasteiger partial charge is 0.490 e. The standard InChI is InChI=1S/C19H21NO2/c1-2-21-17-9-5-6-10-18(17)22-13-19-12-20-11-16(19)14-7-3-4-8-15(14)19/h3-10,16,20H,2,11-13H2,1H3/t16-,19-/m0/s1. The van der Waals surface area contributed by atoms with E-state index >= 15 is 0 Å². The van der Waals surface area contributed by atoms with Gasteiger partial charge in [-0.2, -0.15) is 0 Å². The Kier molecular flexibility index (Phi) is 3.30. The Labute approximate surface area is 131 Å². The first kappa shape index (κ1) is 13.6. The number of hydrogen-bond donors (Lipinski definition) is 1. The normalized spacial score (nSPS) is 25.0. The number of para-hydroxylation sites is 2. The fraction of sp³-hybridized carbons (Fsp3) is 0.368. The maximum atomic E-state index is 6.19. The summed E-state index contributed by atoms with van der Waals surface area (Å²) < 4.78 is 11.8. The smallest absolute Gasteiger partial charge is 0.161 e. The molecule has 2 atom stereocenters. The maximum absolute atomic E-state index is 6.19. The van der Waals surface area contributed by atoms with Gasteiger partial charge in [-0.25, -0.2) is 0 Å². The fourth-order valence-electron chi connectivity index (χ4n) is 3.91. The first-order valence-electron chi connectivity index (χ1n) is 8.00. The van der Waals surface area contributed by atoms with Crippen molar-refractivity contribution in [1.82, 2.24) is 5.32 Å². The van der Waals surface area contributed by atoms with Crippen molar-refractivity contribution in [2.75, 3.05) is 26.3 Å². The van der Waals surface area contributed by atoms with Crippen LogP contribution in [0.3, 0.4) is 0 Å². The Bertz CT molecular complexity index is 685. The molecule has 1 heterocycles. The Morgan fingerprint density at radius 3 is 2.59 bits per heavy atom. The van der Waals surface area contributed by atoms with Crippen LogP contribution in [0.5, 0.6) is 11.5 Å². The number of nitrogens with one attached hydrogen (secondary N) is 1. The van der Waals surface area contributed by atoms with Crippen molar-refractivity contribution in [3.05, 3.63) is 59.7 Å². The Morgan fingerprint density at radius 1 is 1.05 bits per heavy atom. The molecule has 0 spiro atoms. The highest BCUT2D eigenvalue weighted by Gasteiger charge is 2.55. The average Bonchev–Trinajstić information content (AvgIpc) is 2.92. The van der Waals surface area contributed by atoms with Crippen LogP contribution in [0.2, 0.25) is 0 Å². The fourth-order valence-corrected chi connectivity index (χ4v) is 3.91. The van der Waals surface area contributed by atoms with E-state index in [0.29, 0.717) is 19.1 Å². The summed E-state index contributed by atoms with van der Waals surface area (Å²) in [4.78, 5) is 0. The van der Waals surface area contributed by atoms with E-state index in [4.69, 9.17) is 9.47 Å². The van der Waals surface area contributed by atoms with Crippen molar-refractivity contribution in [3.63, 3.8) is 0 Å². The van der Waals surface area contributed by atoms with Gasteiger partial charge in [0.2, 0.25) is 0 Å². The summed E-state index contributed by atoms with van der Waals surface area (Å²) >= 11 is 0. The van der Waals surface area contributed by atoms with Crippen molar-refractivity contribution in [2.45, 2.75) is 18.3 Å². The molecule has 2 aromatic rings. The molecule has 2 aliphatic rings. The molecule has 1 fully saturated rings. The molecule has 1 aliphatic carbocycles. The third-order valence-electron chi connectivity index (χ3n) is 4.96. The zero-order chi connectivity index (χ0) is 15.0. The molecule has 0 bridgehead atoms. The van der Waals surface area contributed by atoms with Gasteiger partial charge >= 0.3 is 0 Å². The summed E-state index contributed by atoms with van der Waals surface area (Å²) in [5, 5.41) is 3.54. The molecule has 3 nitrogen and oxygen atoms in total. The average molecular weight is 295 g/mol. The summed E-state index contributed by atoms with van der Waals surface area (Å²) in [5.74, 6) is 2.24. The predicted molar refractivity (Wildman–Crippen MR) is 86.8 cm³/mol. The molecule has 0 radical (unpaired) electrons. The Morgan fingerprint density at radius 2 is 1.77 bits per heavy atom. The van der Waals surface area contributed by atoms with Gasteiger partial charge in [0.25, 0.3) is 0 Å². The number of ether oxygens (including phenoxy) is 2. The van der Waals surface area contributed by atoms with Gasteiger partial charge in [0.15, 0.2) is 11.5 Å².